The van der Waals surface area contributed by atoms with Gasteiger partial charge in [-0.1, -0.05) is 18.6 Å². The monoisotopic (exact) mass is 313 g/mol. The Morgan fingerprint density at radius 1 is 1.00 bits per heavy atom. The van der Waals surface area contributed by atoms with Gasteiger partial charge in [-0.2, -0.15) is 0 Å². The topological polar surface area (TPSA) is 59.8 Å². The number of furan rings is 1. The Morgan fingerprint density at radius 2 is 1.70 bits per heavy atom. The Balaban J connectivity index is 1.47. The van der Waals surface area contributed by atoms with Crippen molar-refractivity contribution in [2.24, 2.45) is 0 Å². The summed E-state index contributed by atoms with van der Waals surface area (Å²) in [6.45, 7) is 0.460. The first-order valence-corrected chi connectivity index (χ1v) is 7.78. The molecule has 23 heavy (non-hydrogen) atoms. The highest BCUT2D eigenvalue weighted by Crippen LogP contribution is 2.24. The molecule has 1 aliphatic heterocycles. The summed E-state index contributed by atoms with van der Waals surface area (Å²) in [5, 5.41) is 0. The predicted molar refractivity (Wildman–Crippen MR) is 84.6 cm³/mol. The van der Waals surface area contributed by atoms with Crippen LogP contribution in [0.2, 0.25) is 0 Å². The fraction of sp³-hybridized carbons (Fsp3) is 0.333. The van der Waals surface area contributed by atoms with Crippen molar-refractivity contribution in [2.75, 3.05) is 13.7 Å². The molecular formula is C18H19NO4. The van der Waals surface area contributed by atoms with Crippen molar-refractivity contribution in [3.8, 4) is 5.75 Å². The molecule has 5 nitrogen and oxygen atoms in total. The van der Waals surface area contributed by atoms with Gasteiger partial charge in [-0.05, 0) is 25.0 Å². The highest BCUT2D eigenvalue weighted by Gasteiger charge is 2.34. The van der Waals surface area contributed by atoms with E-state index in [2.05, 4.69) is 0 Å². The average molecular weight is 313 g/mol. The van der Waals surface area contributed by atoms with Gasteiger partial charge in [0.15, 0.2) is 5.75 Å². The van der Waals surface area contributed by atoms with Crippen LogP contribution in [0.25, 0.3) is 0 Å². The lowest BCUT2D eigenvalue weighted by Gasteiger charge is -2.13. The Kier molecular flexibility index (Phi) is 4.46. The first kappa shape index (κ1) is 15.3. The third kappa shape index (κ3) is 2.99. The predicted octanol–water partition coefficient (Wildman–Crippen LogP) is 3.30. The smallest absolute Gasteiger partial charge is 0.261 e. The summed E-state index contributed by atoms with van der Waals surface area (Å²) in [7, 11) is 1.62. The molecule has 3 rings (SSSR count). The van der Waals surface area contributed by atoms with Crippen molar-refractivity contribution in [2.45, 2.75) is 25.7 Å². The fourth-order valence-corrected chi connectivity index (χ4v) is 2.87. The zero-order valence-corrected chi connectivity index (χ0v) is 13.1. The second-order valence-electron chi connectivity index (χ2n) is 5.53. The lowest BCUT2D eigenvalue weighted by Crippen LogP contribution is -2.30. The molecule has 120 valence electrons. The number of benzene rings is 1. The summed E-state index contributed by atoms with van der Waals surface area (Å²) in [6.07, 6.45) is 5.03. The third-order valence-electron chi connectivity index (χ3n) is 4.09. The minimum absolute atomic E-state index is 0.182. The van der Waals surface area contributed by atoms with Crippen LogP contribution in [-0.2, 0) is 6.42 Å². The zero-order chi connectivity index (χ0) is 16.2. The summed E-state index contributed by atoms with van der Waals surface area (Å²) in [5.74, 6) is 1.25. The number of ether oxygens (including phenoxy) is 1. The molecule has 0 unspecified atom stereocenters. The second kappa shape index (κ2) is 6.69. The largest absolute Gasteiger partial charge is 0.493 e. The number of hydrogen-bond acceptors (Lipinski definition) is 4. The Hall–Kier alpha value is -2.56. The van der Waals surface area contributed by atoms with Gasteiger partial charge in [-0.25, -0.2) is 0 Å². The van der Waals surface area contributed by atoms with Crippen LogP contribution in [0.3, 0.4) is 0 Å². The SMILES string of the molecule is COc1ccoc1CCCCCN1C(=O)c2ccccc2C1=O. The number of methoxy groups -OCH3 is 1. The minimum Gasteiger partial charge on any atom is -0.493 e. The van der Waals surface area contributed by atoms with Crippen LogP contribution in [0.5, 0.6) is 5.75 Å². The average Bonchev–Trinajstić information content (AvgIpc) is 3.12. The molecule has 0 saturated carbocycles. The van der Waals surface area contributed by atoms with Gasteiger partial charge in [0.25, 0.3) is 11.8 Å². The van der Waals surface area contributed by atoms with Crippen LogP contribution in [0.4, 0.5) is 0 Å². The molecule has 0 N–H and O–H groups in total. The second-order valence-corrected chi connectivity index (χ2v) is 5.53. The molecular weight excluding hydrogens is 294 g/mol. The van der Waals surface area contributed by atoms with Gasteiger partial charge in [-0.15, -0.1) is 0 Å². The van der Waals surface area contributed by atoms with Crippen molar-refractivity contribution in [3.63, 3.8) is 0 Å². The quantitative estimate of drug-likeness (QED) is 0.581. The van der Waals surface area contributed by atoms with Crippen molar-refractivity contribution in [1.29, 1.82) is 0 Å². The van der Waals surface area contributed by atoms with E-state index in [0.29, 0.717) is 17.7 Å². The molecule has 0 saturated heterocycles. The van der Waals surface area contributed by atoms with E-state index in [-0.39, 0.29) is 11.8 Å². The molecule has 0 fully saturated rings. The van der Waals surface area contributed by atoms with Gasteiger partial charge in [-0.3, -0.25) is 14.5 Å². The molecule has 0 spiro atoms. The van der Waals surface area contributed by atoms with E-state index >= 15 is 0 Å². The fourth-order valence-electron chi connectivity index (χ4n) is 2.87. The summed E-state index contributed by atoms with van der Waals surface area (Å²) in [4.78, 5) is 25.8. The van der Waals surface area contributed by atoms with E-state index < -0.39 is 0 Å². The number of unbranched alkanes of at least 4 members (excludes halogenated alkanes) is 2. The van der Waals surface area contributed by atoms with Gasteiger partial charge in [0.05, 0.1) is 24.5 Å². The zero-order valence-electron chi connectivity index (χ0n) is 13.1. The molecule has 1 aromatic carbocycles. The van der Waals surface area contributed by atoms with E-state index in [1.54, 1.807) is 43.7 Å². The maximum Gasteiger partial charge on any atom is 0.261 e. The van der Waals surface area contributed by atoms with E-state index in [0.717, 1.165) is 37.2 Å². The molecule has 2 aromatic rings. The summed E-state index contributed by atoms with van der Waals surface area (Å²) in [6, 6.07) is 8.78. The summed E-state index contributed by atoms with van der Waals surface area (Å²) in [5.41, 5.74) is 1.02. The van der Waals surface area contributed by atoms with Gasteiger partial charge in [0.1, 0.15) is 5.76 Å². The Bertz CT molecular complexity index is 684. The molecule has 0 bridgehead atoms. The van der Waals surface area contributed by atoms with E-state index in [9.17, 15) is 9.59 Å². The molecule has 2 heterocycles. The van der Waals surface area contributed by atoms with E-state index in [4.69, 9.17) is 9.15 Å². The first-order chi connectivity index (χ1) is 11.2. The maximum absolute atomic E-state index is 12.2. The first-order valence-electron chi connectivity index (χ1n) is 7.78. The molecule has 1 aromatic heterocycles. The number of rotatable bonds is 7. The van der Waals surface area contributed by atoms with Crippen molar-refractivity contribution >= 4 is 11.8 Å². The van der Waals surface area contributed by atoms with Gasteiger partial charge in [0, 0.05) is 19.0 Å². The lowest BCUT2D eigenvalue weighted by molar-refractivity contribution is 0.0651. The van der Waals surface area contributed by atoms with Crippen LogP contribution in [0.15, 0.2) is 41.0 Å². The molecule has 0 aliphatic carbocycles. The number of nitrogens with zero attached hydrogens (tertiary/aromatic N) is 1. The van der Waals surface area contributed by atoms with E-state index in [1.807, 2.05) is 0 Å². The van der Waals surface area contributed by atoms with Crippen LogP contribution in [-0.4, -0.2) is 30.4 Å². The maximum atomic E-state index is 12.2. The molecule has 0 atom stereocenters. The number of fused-ring (bicyclic) bond motifs is 1. The third-order valence-corrected chi connectivity index (χ3v) is 4.09. The normalized spacial score (nSPS) is 13.5. The van der Waals surface area contributed by atoms with Crippen LogP contribution in [0, 0.1) is 0 Å². The number of amides is 2. The standard InChI is InChI=1S/C18H19NO4/c1-22-15-10-12-23-16(15)9-3-2-6-11-19-17(20)13-7-4-5-8-14(13)18(19)21/h4-5,7-8,10,12H,2-3,6,9,11H2,1H3. The van der Waals surface area contributed by atoms with Crippen LogP contribution in [0.1, 0.15) is 45.7 Å². The van der Waals surface area contributed by atoms with Crippen molar-refractivity contribution in [3.05, 3.63) is 53.5 Å². The number of carbonyl (C=O) groups is 2. The summed E-state index contributed by atoms with van der Waals surface area (Å²) >= 11 is 0. The highest BCUT2D eigenvalue weighted by molar-refractivity contribution is 6.21. The van der Waals surface area contributed by atoms with E-state index in [1.165, 1.54) is 4.90 Å². The number of carbonyl (C=O) groups excluding carboxylic acids is 2. The molecule has 2 amide bonds. The number of hydrogen-bond donors (Lipinski definition) is 0. The minimum atomic E-state index is -0.182. The molecule has 0 radical (unpaired) electrons. The molecule has 1 aliphatic rings. The molecule has 5 heteroatoms. The summed E-state index contributed by atoms with van der Waals surface area (Å²) < 4.78 is 10.6. The van der Waals surface area contributed by atoms with Gasteiger partial charge in [0.2, 0.25) is 0 Å². The van der Waals surface area contributed by atoms with Gasteiger partial charge < -0.3 is 9.15 Å². The number of aryl methyl sites for hydroxylation is 1. The van der Waals surface area contributed by atoms with Crippen LogP contribution < -0.4 is 4.74 Å². The van der Waals surface area contributed by atoms with Crippen molar-refractivity contribution < 1.29 is 18.7 Å². The lowest BCUT2D eigenvalue weighted by atomic mass is 10.1. The highest BCUT2D eigenvalue weighted by atomic mass is 16.5. The van der Waals surface area contributed by atoms with Gasteiger partial charge >= 0.3 is 0 Å². The Morgan fingerprint density at radius 3 is 2.35 bits per heavy atom. The van der Waals surface area contributed by atoms with Crippen molar-refractivity contribution in [1.82, 2.24) is 4.90 Å². The number of imide groups is 1. The Labute approximate surface area is 134 Å². The van der Waals surface area contributed by atoms with Crippen LogP contribution >= 0.6 is 0 Å².